The molecule has 0 aliphatic heterocycles. The number of rotatable bonds is 4. The molecule has 0 aliphatic rings. The van der Waals surface area contributed by atoms with Crippen LogP contribution in [0.15, 0.2) is 42.5 Å². The van der Waals surface area contributed by atoms with Crippen LogP contribution < -0.4 is 10.9 Å². The molecule has 0 aromatic heterocycles. The summed E-state index contributed by atoms with van der Waals surface area (Å²) in [6.07, 6.45) is 0. The number of halogens is 3. The molecular formula is C13H11ClF2N2. The smallest absolute Gasteiger partial charge is 0.177 e. The van der Waals surface area contributed by atoms with E-state index in [1.54, 1.807) is 0 Å². The van der Waals surface area contributed by atoms with Gasteiger partial charge in [0.15, 0.2) is 11.6 Å². The fraction of sp³-hybridized carbons (Fsp3) is 0.0769. The van der Waals surface area contributed by atoms with Gasteiger partial charge in [-0.3, -0.25) is 0 Å². The normalized spacial score (nSPS) is 10.4. The minimum Gasteiger partial charge on any atom is -0.321 e. The molecule has 0 heterocycles. The summed E-state index contributed by atoms with van der Waals surface area (Å²) in [6, 6.07) is 12.1. The number of anilines is 1. The van der Waals surface area contributed by atoms with Crippen molar-refractivity contribution in [3.05, 3.63) is 64.7 Å². The van der Waals surface area contributed by atoms with Crippen LogP contribution in [0.5, 0.6) is 0 Å². The molecule has 0 amide bonds. The van der Waals surface area contributed by atoms with Gasteiger partial charge in [0.25, 0.3) is 0 Å². The molecule has 0 unspecified atom stereocenters. The first-order chi connectivity index (χ1) is 8.68. The highest BCUT2D eigenvalue weighted by atomic mass is 35.5. The van der Waals surface area contributed by atoms with Crippen molar-refractivity contribution in [1.82, 2.24) is 5.43 Å². The molecule has 0 saturated carbocycles. The SMILES string of the molecule is Fc1c(Cl)ccc(CNNc2ccccc2)c1F. The highest BCUT2D eigenvalue weighted by Crippen LogP contribution is 2.20. The third kappa shape index (κ3) is 2.97. The Morgan fingerprint density at radius 1 is 0.944 bits per heavy atom. The minimum absolute atomic E-state index is 0.148. The Balaban J connectivity index is 1.97. The largest absolute Gasteiger partial charge is 0.321 e. The molecule has 2 aromatic rings. The summed E-state index contributed by atoms with van der Waals surface area (Å²) < 4.78 is 26.6. The van der Waals surface area contributed by atoms with Crippen molar-refractivity contribution in [3.63, 3.8) is 0 Å². The fourth-order valence-electron chi connectivity index (χ4n) is 1.47. The van der Waals surface area contributed by atoms with E-state index in [1.807, 2.05) is 30.3 Å². The van der Waals surface area contributed by atoms with E-state index in [4.69, 9.17) is 11.6 Å². The van der Waals surface area contributed by atoms with Crippen LogP contribution in [-0.2, 0) is 6.54 Å². The summed E-state index contributed by atoms with van der Waals surface area (Å²) >= 11 is 5.46. The lowest BCUT2D eigenvalue weighted by Crippen LogP contribution is -2.21. The van der Waals surface area contributed by atoms with E-state index in [1.165, 1.54) is 12.1 Å². The molecule has 5 heteroatoms. The lowest BCUT2D eigenvalue weighted by Gasteiger charge is -2.09. The van der Waals surface area contributed by atoms with Gasteiger partial charge in [0.05, 0.1) is 5.02 Å². The average molecular weight is 269 g/mol. The Bertz CT molecular complexity index is 532. The maximum Gasteiger partial charge on any atom is 0.177 e. The van der Waals surface area contributed by atoms with Crippen LogP contribution in [0.3, 0.4) is 0 Å². The molecule has 2 aromatic carbocycles. The van der Waals surface area contributed by atoms with Gasteiger partial charge in [0.1, 0.15) is 0 Å². The van der Waals surface area contributed by atoms with Gasteiger partial charge in [-0.25, -0.2) is 14.2 Å². The van der Waals surface area contributed by atoms with Gasteiger partial charge < -0.3 is 5.43 Å². The van der Waals surface area contributed by atoms with Gasteiger partial charge >= 0.3 is 0 Å². The molecule has 2 nitrogen and oxygen atoms in total. The standard InChI is InChI=1S/C13H11ClF2N2/c14-11-7-6-9(12(15)13(11)16)8-17-18-10-4-2-1-3-5-10/h1-7,17-18H,8H2. The zero-order valence-corrected chi connectivity index (χ0v) is 10.1. The zero-order chi connectivity index (χ0) is 13.0. The number of nitrogens with one attached hydrogen (secondary N) is 2. The van der Waals surface area contributed by atoms with Crippen LogP contribution in [0.2, 0.25) is 5.02 Å². The van der Waals surface area contributed by atoms with E-state index < -0.39 is 11.6 Å². The average Bonchev–Trinajstić information content (AvgIpc) is 2.40. The number of hydrogen-bond donors (Lipinski definition) is 2. The van der Waals surface area contributed by atoms with Gasteiger partial charge in [0, 0.05) is 17.8 Å². The lowest BCUT2D eigenvalue weighted by molar-refractivity contribution is 0.496. The number of para-hydroxylation sites is 1. The van der Waals surface area contributed by atoms with Crippen LogP contribution in [0, 0.1) is 11.6 Å². The summed E-state index contributed by atoms with van der Waals surface area (Å²) in [7, 11) is 0. The highest BCUT2D eigenvalue weighted by Gasteiger charge is 2.11. The Morgan fingerprint density at radius 3 is 2.39 bits per heavy atom. The van der Waals surface area contributed by atoms with Crippen molar-refractivity contribution in [1.29, 1.82) is 0 Å². The van der Waals surface area contributed by atoms with Crippen LogP contribution in [0.1, 0.15) is 5.56 Å². The summed E-state index contributed by atoms with van der Waals surface area (Å²) in [6.45, 7) is 0.148. The van der Waals surface area contributed by atoms with E-state index >= 15 is 0 Å². The van der Waals surface area contributed by atoms with Gasteiger partial charge in [0.2, 0.25) is 0 Å². The molecule has 18 heavy (non-hydrogen) atoms. The monoisotopic (exact) mass is 268 g/mol. The number of hydrazine groups is 1. The van der Waals surface area contributed by atoms with Gasteiger partial charge in [-0.15, -0.1) is 0 Å². The van der Waals surface area contributed by atoms with E-state index in [9.17, 15) is 8.78 Å². The van der Waals surface area contributed by atoms with Crippen LogP contribution in [0.25, 0.3) is 0 Å². The van der Waals surface area contributed by atoms with Crippen LogP contribution in [0.4, 0.5) is 14.5 Å². The number of hydrogen-bond acceptors (Lipinski definition) is 2. The van der Waals surface area contributed by atoms with E-state index in [0.29, 0.717) is 0 Å². The topological polar surface area (TPSA) is 24.1 Å². The first-order valence-electron chi connectivity index (χ1n) is 5.35. The van der Waals surface area contributed by atoms with Gasteiger partial charge in [-0.05, 0) is 18.2 Å². The number of benzene rings is 2. The molecule has 0 bridgehead atoms. The van der Waals surface area contributed by atoms with Gasteiger partial charge in [-0.2, -0.15) is 0 Å². The predicted octanol–water partition coefficient (Wildman–Crippen LogP) is 3.73. The van der Waals surface area contributed by atoms with Crippen molar-refractivity contribution in [2.75, 3.05) is 5.43 Å². The second-order valence-electron chi connectivity index (χ2n) is 3.68. The van der Waals surface area contributed by atoms with E-state index in [2.05, 4.69) is 10.9 Å². The molecule has 2 rings (SSSR count). The summed E-state index contributed by atoms with van der Waals surface area (Å²) in [5.41, 5.74) is 6.74. The Morgan fingerprint density at radius 2 is 1.67 bits per heavy atom. The molecule has 0 radical (unpaired) electrons. The molecule has 2 N–H and O–H groups in total. The maximum absolute atomic E-state index is 13.5. The fourth-order valence-corrected chi connectivity index (χ4v) is 1.61. The quantitative estimate of drug-likeness (QED) is 0.652. The van der Waals surface area contributed by atoms with Crippen molar-refractivity contribution in [3.8, 4) is 0 Å². The third-order valence-electron chi connectivity index (χ3n) is 2.40. The van der Waals surface area contributed by atoms with Crippen molar-refractivity contribution in [2.24, 2.45) is 0 Å². The summed E-state index contributed by atoms with van der Waals surface area (Å²) in [4.78, 5) is 0. The lowest BCUT2D eigenvalue weighted by atomic mass is 10.2. The molecule has 0 aliphatic carbocycles. The van der Waals surface area contributed by atoms with Crippen LogP contribution in [-0.4, -0.2) is 0 Å². The molecule has 0 atom stereocenters. The first kappa shape index (κ1) is 12.8. The van der Waals surface area contributed by atoms with Crippen molar-refractivity contribution in [2.45, 2.75) is 6.54 Å². The Hall–Kier alpha value is -1.65. The Labute approximate surface area is 109 Å². The van der Waals surface area contributed by atoms with E-state index in [-0.39, 0.29) is 17.1 Å². The van der Waals surface area contributed by atoms with Crippen molar-refractivity contribution < 1.29 is 8.78 Å². The zero-order valence-electron chi connectivity index (χ0n) is 9.38. The first-order valence-corrected chi connectivity index (χ1v) is 5.72. The molecule has 0 fully saturated rings. The van der Waals surface area contributed by atoms with Crippen LogP contribution >= 0.6 is 11.6 Å². The summed E-state index contributed by atoms with van der Waals surface area (Å²) in [5.74, 6) is -1.94. The van der Waals surface area contributed by atoms with Crippen molar-refractivity contribution >= 4 is 17.3 Å². The molecule has 0 saturated heterocycles. The van der Waals surface area contributed by atoms with Gasteiger partial charge in [-0.1, -0.05) is 35.9 Å². The Kier molecular flexibility index (Phi) is 4.12. The predicted molar refractivity (Wildman–Crippen MR) is 68.3 cm³/mol. The second-order valence-corrected chi connectivity index (χ2v) is 4.09. The third-order valence-corrected chi connectivity index (χ3v) is 2.69. The highest BCUT2D eigenvalue weighted by molar-refractivity contribution is 6.30. The molecule has 94 valence electrons. The molecule has 0 spiro atoms. The van der Waals surface area contributed by atoms with E-state index in [0.717, 1.165) is 5.69 Å². The second kappa shape index (κ2) is 5.80. The summed E-state index contributed by atoms with van der Waals surface area (Å²) in [5, 5.41) is -0.215. The molecular weight excluding hydrogens is 258 g/mol. The minimum atomic E-state index is -1.02. The maximum atomic E-state index is 13.5.